The molecule has 3 aromatic rings. The number of nitrogens with zero attached hydrogens (tertiary/aromatic N) is 1. The molecule has 3 rings (SSSR count). The molecule has 0 unspecified atom stereocenters. The SMILES string of the molecule is COc1ccc(Oc2ccc3ncccc3c2)cc1. The second-order valence-electron chi connectivity index (χ2n) is 4.14. The van der Waals surface area contributed by atoms with E-state index in [0.717, 1.165) is 28.2 Å². The van der Waals surface area contributed by atoms with E-state index in [1.54, 1.807) is 13.3 Å². The third kappa shape index (κ3) is 2.50. The first-order valence-corrected chi connectivity index (χ1v) is 6.02. The average molecular weight is 251 g/mol. The monoisotopic (exact) mass is 251 g/mol. The van der Waals surface area contributed by atoms with E-state index in [-0.39, 0.29) is 0 Å². The minimum absolute atomic E-state index is 0.782. The molecule has 0 saturated carbocycles. The molecular weight excluding hydrogens is 238 g/mol. The second-order valence-corrected chi connectivity index (χ2v) is 4.14. The van der Waals surface area contributed by atoms with Crippen LogP contribution in [0.3, 0.4) is 0 Å². The van der Waals surface area contributed by atoms with E-state index in [1.807, 2.05) is 54.6 Å². The molecule has 1 heterocycles. The highest BCUT2D eigenvalue weighted by atomic mass is 16.5. The number of hydrogen-bond donors (Lipinski definition) is 0. The first-order valence-electron chi connectivity index (χ1n) is 6.02. The molecule has 0 radical (unpaired) electrons. The van der Waals surface area contributed by atoms with Crippen molar-refractivity contribution in [1.82, 2.24) is 4.98 Å². The number of hydrogen-bond acceptors (Lipinski definition) is 3. The number of ether oxygens (including phenoxy) is 2. The van der Waals surface area contributed by atoms with Gasteiger partial charge in [-0.2, -0.15) is 0 Å². The summed E-state index contributed by atoms with van der Waals surface area (Å²) in [5, 5.41) is 1.06. The van der Waals surface area contributed by atoms with Gasteiger partial charge in [0.15, 0.2) is 0 Å². The van der Waals surface area contributed by atoms with Crippen LogP contribution >= 0.6 is 0 Å². The Bertz CT molecular complexity index is 692. The molecule has 1 aromatic heterocycles. The maximum atomic E-state index is 5.80. The standard InChI is InChI=1S/C16H13NO2/c1-18-13-4-6-14(7-5-13)19-15-8-9-16-12(11-15)3-2-10-17-16/h2-11H,1H3. The van der Waals surface area contributed by atoms with Gasteiger partial charge in [0, 0.05) is 11.6 Å². The van der Waals surface area contributed by atoms with Crippen molar-refractivity contribution in [3.8, 4) is 17.2 Å². The van der Waals surface area contributed by atoms with E-state index in [9.17, 15) is 0 Å². The predicted molar refractivity (Wildman–Crippen MR) is 74.8 cm³/mol. The van der Waals surface area contributed by atoms with Crippen LogP contribution in [0.4, 0.5) is 0 Å². The van der Waals surface area contributed by atoms with E-state index in [4.69, 9.17) is 9.47 Å². The topological polar surface area (TPSA) is 31.4 Å². The minimum atomic E-state index is 0.782. The maximum absolute atomic E-state index is 5.80. The van der Waals surface area contributed by atoms with Crippen LogP contribution in [-0.2, 0) is 0 Å². The van der Waals surface area contributed by atoms with Gasteiger partial charge in [-0.1, -0.05) is 6.07 Å². The summed E-state index contributed by atoms with van der Waals surface area (Å²) in [4.78, 5) is 4.28. The molecule has 3 heteroatoms. The third-order valence-electron chi connectivity index (χ3n) is 2.87. The van der Waals surface area contributed by atoms with Gasteiger partial charge in [-0.15, -0.1) is 0 Å². The van der Waals surface area contributed by atoms with Crippen molar-refractivity contribution in [2.24, 2.45) is 0 Å². The molecule has 0 saturated heterocycles. The van der Waals surface area contributed by atoms with Gasteiger partial charge in [0.1, 0.15) is 17.2 Å². The minimum Gasteiger partial charge on any atom is -0.497 e. The lowest BCUT2D eigenvalue weighted by molar-refractivity contribution is 0.413. The highest BCUT2D eigenvalue weighted by Gasteiger charge is 2.00. The van der Waals surface area contributed by atoms with Crippen LogP contribution in [0.1, 0.15) is 0 Å². The van der Waals surface area contributed by atoms with Crippen molar-refractivity contribution in [3.05, 3.63) is 60.8 Å². The van der Waals surface area contributed by atoms with E-state index in [0.29, 0.717) is 0 Å². The van der Waals surface area contributed by atoms with Crippen LogP contribution in [0.25, 0.3) is 10.9 Å². The van der Waals surface area contributed by atoms with E-state index in [1.165, 1.54) is 0 Å². The van der Waals surface area contributed by atoms with Crippen LogP contribution in [0.15, 0.2) is 60.8 Å². The smallest absolute Gasteiger partial charge is 0.128 e. The zero-order valence-electron chi connectivity index (χ0n) is 10.5. The molecule has 0 bridgehead atoms. The number of rotatable bonds is 3. The van der Waals surface area contributed by atoms with Gasteiger partial charge in [0.2, 0.25) is 0 Å². The summed E-state index contributed by atoms with van der Waals surface area (Å²) in [6.07, 6.45) is 1.78. The molecule has 0 spiro atoms. The van der Waals surface area contributed by atoms with Crippen molar-refractivity contribution in [3.63, 3.8) is 0 Å². The van der Waals surface area contributed by atoms with E-state index in [2.05, 4.69) is 4.98 Å². The fraction of sp³-hybridized carbons (Fsp3) is 0.0625. The molecule has 0 atom stereocenters. The van der Waals surface area contributed by atoms with Crippen LogP contribution in [0.2, 0.25) is 0 Å². The largest absolute Gasteiger partial charge is 0.497 e. The van der Waals surface area contributed by atoms with Gasteiger partial charge in [-0.05, 0) is 48.5 Å². The zero-order valence-corrected chi connectivity index (χ0v) is 10.5. The lowest BCUT2D eigenvalue weighted by Crippen LogP contribution is -1.86. The summed E-state index contributed by atoms with van der Waals surface area (Å²) in [5.41, 5.74) is 0.963. The maximum Gasteiger partial charge on any atom is 0.128 e. The Balaban J connectivity index is 1.87. The van der Waals surface area contributed by atoms with Crippen LogP contribution in [-0.4, -0.2) is 12.1 Å². The molecule has 3 nitrogen and oxygen atoms in total. The fourth-order valence-electron chi connectivity index (χ4n) is 1.90. The molecule has 0 amide bonds. The van der Waals surface area contributed by atoms with Gasteiger partial charge in [0.05, 0.1) is 12.6 Å². The van der Waals surface area contributed by atoms with Crippen LogP contribution in [0, 0.1) is 0 Å². The highest BCUT2D eigenvalue weighted by molar-refractivity contribution is 5.79. The van der Waals surface area contributed by atoms with E-state index >= 15 is 0 Å². The summed E-state index contributed by atoms with van der Waals surface area (Å²) in [6, 6.07) is 17.3. The Kier molecular flexibility index (Phi) is 3.02. The number of aromatic nitrogens is 1. The first kappa shape index (κ1) is 11.5. The van der Waals surface area contributed by atoms with Crippen LogP contribution in [0.5, 0.6) is 17.2 Å². The number of methoxy groups -OCH3 is 1. The molecule has 2 aromatic carbocycles. The number of pyridine rings is 1. The van der Waals surface area contributed by atoms with E-state index < -0.39 is 0 Å². The number of fused-ring (bicyclic) bond motifs is 1. The Labute approximate surface area is 111 Å². The quantitative estimate of drug-likeness (QED) is 0.704. The number of benzene rings is 2. The lowest BCUT2D eigenvalue weighted by atomic mass is 10.2. The van der Waals surface area contributed by atoms with Gasteiger partial charge < -0.3 is 9.47 Å². The second kappa shape index (κ2) is 4.98. The Morgan fingerprint density at radius 3 is 2.37 bits per heavy atom. The Hall–Kier alpha value is -2.55. The van der Waals surface area contributed by atoms with Gasteiger partial charge in [-0.3, -0.25) is 4.98 Å². The van der Waals surface area contributed by atoms with Crippen LogP contribution < -0.4 is 9.47 Å². The summed E-state index contributed by atoms with van der Waals surface area (Å²) in [5.74, 6) is 2.39. The predicted octanol–water partition coefficient (Wildman–Crippen LogP) is 4.04. The molecule has 0 aliphatic rings. The molecular formula is C16H13NO2. The summed E-state index contributed by atoms with van der Waals surface area (Å²) in [6.45, 7) is 0. The van der Waals surface area contributed by atoms with Crippen molar-refractivity contribution >= 4 is 10.9 Å². The van der Waals surface area contributed by atoms with Gasteiger partial charge in [-0.25, -0.2) is 0 Å². The molecule has 0 fully saturated rings. The fourth-order valence-corrected chi connectivity index (χ4v) is 1.90. The molecule has 0 aliphatic carbocycles. The normalized spacial score (nSPS) is 10.4. The van der Waals surface area contributed by atoms with Crippen molar-refractivity contribution < 1.29 is 9.47 Å². The summed E-state index contributed by atoms with van der Waals surface area (Å²) < 4.78 is 10.9. The molecule has 0 N–H and O–H groups in total. The van der Waals surface area contributed by atoms with Crippen molar-refractivity contribution in [2.45, 2.75) is 0 Å². The Morgan fingerprint density at radius 2 is 1.58 bits per heavy atom. The summed E-state index contributed by atoms with van der Waals surface area (Å²) in [7, 11) is 1.65. The molecule has 0 aliphatic heterocycles. The molecule has 19 heavy (non-hydrogen) atoms. The highest BCUT2D eigenvalue weighted by Crippen LogP contribution is 2.26. The van der Waals surface area contributed by atoms with Gasteiger partial charge >= 0.3 is 0 Å². The van der Waals surface area contributed by atoms with Gasteiger partial charge in [0.25, 0.3) is 0 Å². The van der Waals surface area contributed by atoms with Crippen molar-refractivity contribution in [1.29, 1.82) is 0 Å². The first-order chi connectivity index (χ1) is 9.35. The molecule has 94 valence electrons. The third-order valence-corrected chi connectivity index (χ3v) is 2.87. The average Bonchev–Trinajstić information content (AvgIpc) is 2.48. The Morgan fingerprint density at radius 1 is 0.842 bits per heavy atom. The van der Waals surface area contributed by atoms with Crippen molar-refractivity contribution in [2.75, 3.05) is 7.11 Å². The zero-order chi connectivity index (χ0) is 13.1. The summed E-state index contributed by atoms with van der Waals surface area (Å²) >= 11 is 0. The lowest BCUT2D eigenvalue weighted by Gasteiger charge is -2.07.